The zero-order chi connectivity index (χ0) is 22.6. The average Bonchev–Trinajstić information content (AvgIpc) is 3.36. The third-order valence-corrected chi connectivity index (χ3v) is 6.98. The summed E-state index contributed by atoms with van der Waals surface area (Å²) in [6.45, 7) is 3.55. The van der Waals surface area contributed by atoms with Crippen molar-refractivity contribution in [1.82, 2.24) is 29.6 Å². The molecule has 6 rings (SSSR count). The van der Waals surface area contributed by atoms with Crippen LogP contribution in [0.1, 0.15) is 50.9 Å². The second-order valence-electron chi connectivity index (χ2n) is 9.14. The van der Waals surface area contributed by atoms with Gasteiger partial charge < -0.3 is 15.3 Å². The maximum Gasteiger partial charge on any atom is 0.283 e. The van der Waals surface area contributed by atoms with Gasteiger partial charge in [0.15, 0.2) is 17.3 Å². The Kier molecular flexibility index (Phi) is 4.56. The number of benzene rings is 1. The summed E-state index contributed by atoms with van der Waals surface area (Å²) in [5.74, 6) is 0.603. The number of aromatic amines is 1. The minimum Gasteiger partial charge on any atom is -0.358 e. The Bertz CT molecular complexity index is 1410. The van der Waals surface area contributed by atoms with Crippen LogP contribution in [0.2, 0.25) is 0 Å². The molecule has 4 aromatic rings. The van der Waals surface area contributed by atoms with Crippen molar-refractivity contribution in [3.8, 4) is 0 Å². The number of imidazole rings is 1. The van der Waals surface area contributed by atoms with Gasteiger partial charge in [0.05, 0.1) is 17.9 Å². The monoisotopic (exact) mass is 448 g/mol. The molecule has 0 radical (unpaired) electrons. The van der Waals surface area contributed by atoms with Crippen molar-refractivity contribution in [1.29, 1.82) is 0 Å². The molecule has 1 atom stereocenters. The Morgan fingerprint density at radius 1 is 1.24 bits per heavy atom. The van der Waals surface area contributed by atoms with E-state index in [1.165, 1.54) is 31.7 Å². The van der Waals surface area contributed by atoms with E-state index in [0.717, 1.165) is 19.5 Å². The smallest absolute Gasteiger partial charge is 0.283 e. The van der Waals surface area contributed by atoms with Crippen LogP contribution in [0.25, 0.3) is 22.1 Å². The van der Waals surface area contributed by atoms with Gasteiger partial charge in [-0.25, -0.2) is 29.0 Å². The van der Waals surface area contributed by atoms with E-state index in [1.807, 2.05) is 6.92 Å². The van der Waals surface area contributed by atoms with E-state index < -0.39 is 5.82 Å². The van der Waals surface area contributed by atoms with Crippen LogP contribution in [0.5, 0.6) is 0 Å². The van der Waals surface area contributed by atoms with Crippen molar-refractivity contribution >= 4 is 27.9 Å². The standard InChI is InChI=1S/C23H25FN8O/c1-2-15(29-20-18-19(26-12-25-18)27-13-28-20)21-30-16-6-3-5-14(24)17(16)22(33)32(21)31-10-4-7-23(11-31)8-9-23/h3,5-6,12-13,15H,2,4,7-11H2,1H3,(H2,25,26,27,28,29). The summed E-state index contributed by atoms with van der Waals surface area (Å²) in [6.07, 6.45) is 8.21. The molecule has 33 heavy (non-hydrogen) atoms. The number of fused-ring (bicyclic) bond motifs is 2. The van der Waals surface area contributed by atoms with Crippen LogP contribution in [-0.2, 0) is 0 Å². The Labute approximate surface area is 189 Å². The molecule has 1 saturated heterocycles. The molecule has 1 aliphatic carbocycles. The number of nitrogens with one attached hydrogen (secondary N) is 2. The fraction of sp³-hybridized carbons (Fsp3) is 0.435. The highest BCUT2D eigenvalue weighted by Gasteiger charge is 2.46. The summed E-state index contributed by atoms with van der Waals surface area (Å²) in [5.41, 5.74) is 1.52. The van der Waals surface area contributed by atoms with E-state index in [1.54, 1.807) is 23.1 Å². The molecular formula is C23H25FN8O. The lowest BCUT2D eigenvalue weighted by Gasteiger charge is -2.37. The number of halogens is 1. The number of aromatic nitrogens is 6. The third kappa shape index (κ3) is 3.32. The predicted octanol–water partition coefficient (Wildman–Crippen LogP) is 3.28. The van der Waals surface area contributed by atoms with Gasteiger partial charge in [-0.2, -0.15) is 0 Å². The molecule has 3 aromatic heterocycles. The van der Waals surface area contributed by atoms with Crippen LogP contribution < -0.4 is 15.9 Å². The number of H-pyrrole nitrogens is 1. The lowest BCUT2D eigenvalue weighted by atomic mass is 9.96. The van der Waals surface area contributed by atoms with Crippen LogP contribution in [0.15, 0.2) is 35.6 Å². The summed E-state index contributed by atoms with van der Waals surface area (Å²) >= 11 is 0. The lowest BCUT2D eigenvalue weighted by Crippen LogP contribution is -2.51. The van der Waals surface area contributed by atoms with Crippen molar-refractivity contribution in [3.63, 3.8) is 0 Å². The van der Waals surface area contributed by atoms with Crippen molar-refractivity contribution in [2.24, 2.45) is 5.41 Å². The lowest BCUT2D eigenvalue weighted by molar-refractivity contribution is 0.334. The van der Waals surface area contributed by atoms with Gasteiger partial charge in [0.1, 0.15) is 23.0 Å². The molecule has 10 heteroatoms. The van der Waals surface area contributed by atoms with Crippen LogP contribution in [-0.4, -0.2) is 42.7 Å². The maximum atomic E-state index is 14.7. The number of piperidine rings is 1. The minimum atomic E-state index is -0.542. The number of rotatable bonds is 5. The minimum absolute atomic E-state index is 0.0320. The molecule has 0 amide bonds. The first-order chi connectivity index (χ1) is 16.1. The van der Waals surface area contributed by atoms with Gasteiger partial charge in [-0.15, -0.1) is 0 Å². The Morgan fingerprint density at radius 2 is 2.12 bits per heavy atom. The topological polar surface area (TPSA) is 105 Å². The largest absolute Gasteiger partial charge is 0.358 e. The highest BCUT2D eigenvalue weighted by atomic mass is 19.1. The van der Waals surface area contributed by atoms with E-state index >= 15 is 0 Å². The van der Waals surface area contributed by atoms with Crippen LogP contribution in [0, 0.1) is 11.2 Å². The van der Waals surface area contributed by atoms with Gasteiger partial charge in [0.2, 0.25) is 0 Å². The number of hydrogen-bond donors (Lipinski definition) is 2. The molecule has 2 fully saturated rings. The SMILES string of the molecule is CCC(Nc1ncnc2nc[nH]c12)c1nc2cccc(F)c2c(=O)n1N1CCCC2(CC2)C1. The zero-order valence-corrected chi connectivity index (χ0v) is 18.4. The summed E-state index contributed by atoms with van der Waals surface area (Å²) in [7, 11) is 0. The first-order valence-corrected chi connectivity index (χ1v) is 11.5. The molecule has 4 heterocycles. The molecule has 2 aliphatic rings. The van der Waals surface area contributed by atoms with Crippen molar-refractivity contribution in [2.75, 3.05) is 23.4 Å². The van der Waals surface area contributed by atoms with E-state index in [-0.39, 0.29) is 22.4 Å². The highest BCUT2D eigenvalue weighted by Crippen LogP contribution is 2.51. The third-order valence-electron chi connectivity index (χ3n) is 6.98. The van der Waals surface area contributed by atoms with Crippen LogP contribution in [0.4, 0.5) is 10.2 Å². The summed E-state index contributed by atoms with van der Waals surface area (Å²) in [5, 5.41) is 5.54. The van der Waals surface area contributed by atoms with Crippen molar-refractivity contribution < 1.29 is 4.39 Å². The molecule has 1 aliphatic heterocycles. The van der Waals surface area contributed by atoms with Gasteiger partial charge in [-0.05, 0) is 49.7 Å². The number of hydrogen-bond acceptors (Lipinski definition) is 7. The quantitative estimate of drug-likeness (QED) is 0.483. The van der Waals surface area contributed by atoms with Crippen molar-refractivity contribution in [2.45, 2.75) is 45.1 Å². The predicted molar refractivity (Wildman–Crippen MR) is 123 cm³/mol. The molecule has 1 unspecified atom stereocenters. The van der Waals surface area contributed by atoms with Crippen molar-refractivity contribution in [3.05, 3.63) is 52.8 Å². The second kappa shape index (κ2) is 7.50. The normalized spacial score (nSPS) is 18.2. The molecule has 9 nitrogen and oxygen atoms in total. The van der Waals surface area contributed by atoms with Gasteiger partial charge in [0.25, 0.3) is 5.56 Å². The van der Waals surface area contributed by atoms with Gasteiger partial charge in [-0.1, -0.05) is 13.0 Å². The molecule has 1 saturated carbocycles. The molecule has 0 bridgehead atoms. The molecule has 170 valence electrons. The Morgan fingerprint density at radius 3 is 2.94 bits per heavy atom. The second-order valence-corrected chi connectivity index (χ2v) is 9.14. The number of nitrogens with zero attached hydrogens (tertiary/aromatic N) is 6. The van der Waals surface area contributed by atoms with Gasteiger partial charge >= 0.3 is 0 Å². The van der Waals surface area contributed by atoms with Crippen LogP contribution in [0.3, 0.4) is 0 Å². The molecule has 1 spiro atoms. The highest BCUT2D eigenvalue weighted by molar-refractivity contribution is 5.82. The molecular weight excluding hydrogens is 423 g/mol. The first kappa shape index (κ1) is 20.1. The summed E-state index contributed by atoms with van der Waals surface area (Å²) in [6, 6.07) is 4.27. The average molecular weight is 449 g/mol. The van der Waals surface area contributed by atoms with Gasteiger partial charge in [0, 0.05) is 13.1 Å². The molecule has 1 aromatic carbocycles. The maximum absolute atomic E-state index is 14.7. The van der Waals surface area contributed by atoms with Gasteiger partial charge in [-0.3, -0.25) is 4.79 Å². The van der Waals surface area contributed by atoms with E-state index in [2.05, 4.69) is 30.3 Å². The fourth-order valence-corrected chi connectivity index (χ4v) is 5.02. The Balaban J connectivity index is 1.51. The zero-order valence-electron chi connectivity index (χ0n) is 18.4. The van der Waals surface area contributed by atoms with E-state index in [9.17, 15) is 9.18 Å². The Hall–Kier alpha value is -3.56. The summed E-state index contributed by atoms with van der Waals surface area (Å²) < 4.78 is 16.4. The molecule has 2 N–H and O–H groups in total. The summed E-state index contributed by atoms with van der Waals surface area (Å²) in [4.78, 5) is 34.4. The fourth-order valence-electron chi connectivity index (χ4n) is 5.02. The number of anilines is 1. The first-order valence-electron chi connectivity index (χ1n) is 11.5. The van der Waals surface area contributed by atoms with E-state index in [4.69, 9.17) is 4.98 Å². The van der Waals surface area contributed by atoms with Crippen LogP contribution >= 0.6 is 0 Å². The van der Waals surface area contributed by atoms with E-state index in [0.29, 0.717) is 34.7 Å².